The molecular weight excluding hydrogens is 209 g/mol. The predicted molar refractivity (Wildman–Crippen MR) is 56.2 cm³/mol. The fourth-order valence-electron chi connectivity index (χ4n) is 1.29. The molecule has 2 rings (SSSR count). The number of terminal acetylenes is 1. The Balaban J connectivity index is 2.41. The van der Waals surface area contributed by atoms with Crippen molar-refractivity contribution < 1.29 is 13.7 Å². The number of halogens is 1. The summed E-state index contributed by atoms with van der Waals surface area (Å²) in [6, 6.07) is 5.74. The quantitative estimate of drug-likeness (QED) is 0.741. The number of hydrogen-bond donors (Lipinski definition) is 0. The number of nitrogens with zero attached hydrogens (tertiary/aromatic N) is 1. The first-order valence-corrected chi connectivity index (χ1v) is 4.58. The maximum absolute atomic E-state index is 13.1. The molecule has 1 aromatic heterocycles. The molecule has 0 unspecified atom stereocenters. The van der Waals surface area contributed by atoms with Crippen molar-refractivity contribution in [1.29, 1.82) is 0 Å². The minimum atomic E-state index is -0.376. The first kappa shape index (κ1) is 10.2. The van der Waals surface area contributed by atoms with Gasteiger partial charge in [-0.25, -0.2) is 4.39 Å². The molecule has 0 aliphatic heterocycles. The van der Waals surface area contributed by atoms with E-state index in [1.54, 1.807) is 6.07 Å². The van der Waals surface area contributed by atoms with Gasteiger partial charge < -0.3 is 9.26 Å². The Morgan fingerprint density at radius 1 is 1.44 bits per heavy atom. The molecular formula is C12H8FNO2. The molecule has 0 spiro atoms. The molecule has 1 aromatic carbocycles. The molecule has 80 valence electrons. The van der Waals surface area contributed by atoms with E-state index in [-0.39, 0.29) is 12.4 Å². The van der Waals surface area contributed by atoms with E-state index >= 15 is 0 Å². The van der Waals surface area contributed by atoms with Crippen molar-refractivity contribution >= 4 is 0 Å². The van der Waals surface area contributed by atoms with Gasteiger partial charge >= 0.3 is 0 Å². The van der Waals surface area contributed by atoms with Crippen molar-refractivity contribution in [3.63, 3.8) is 0 Å². The molecule has 2 aromatic rings. The number of rotatable bonds is 3. The Bertz CT molecular complexity index is 514. The van der Waals surface area contributed by atoms with Gasteiger partial charge in [-0.2, -0.15) is 0 Å². The summed E-state index contributed by atoms with van der Waals surface area (Å²) in [5, 5.41) is 3.56. The fraction of sp³-hybridized carbons (Fsp3) is 0.0833. The fourth-order valence-corrected chi connectivity index (χ4v) is 1.29. The monoisotopic (exact) mass is 217 g/mol. The minimum absolute atomic E-state index is 0.118. The van der Waals surface area contributed by atoms with E-state index in [9.17, 15) is 4.39 Å². The first-order chi connectivity index (χ1) is 7.81. The summed E-state index contributed by atoms with van der Waals surface area (Å²) in [5.41, 5.74) is 0.493. The van der Waals surface area contributed by atoms with Crippen LogP contribution >= 0.6 is 0 Å². The molecule has 0 aliphatic rings. The van der Waals surface area contributed by atoms with Crippen LogP contribution in [0.1, 0.15) is 0 Å². The van der Waals surface area contributed by atoms with Crippen molar-refractivity contribution in [2.24, 2.45) is 0 Å². The summed E-state index contributed by atoms with van der Waals surface area (Å²) in [4.78, 5) is 0. The lowest BCUT2D eigenvalue weighted by atomic mass is 10.1. The molecule has 0 atom stereocenters. The molecule has 3 nitrogen and oxygen atoms in total. The van der Waals surface area contributed by atoms with Gasteiger partial charge in [-0.05, 0) is 18.2 Å². The zero-order chi connectivity index (χ0) is 11.4. The van der Waals surface area contributed by atoms with E-state index in [1.165, 1.54) is 24.4 Å². The molecule has 0 bridgehead atoms. The highest BCUT2D eigenvalue weighted by Crippen LogP contribution is 2.30. The van der Waals surface area contributed by atoms with Gasteiger partial charge in [-0.15, -0.1) is 6.42 Å². The summed E-state index contributed by atoms with van der Waals surface area (Å²) >= 11 is 0. The van der Waals surface area contributed by atoms with Crippen LogP contribution in [0.3, 0.4) is 0 Å². The Kier molecular flexibility index (Phi) is 2.88. The zero-order valence-corrected chi connectivity index (χ0v) is 8.31. The van der Waals surface area contributed by atoms with E-state index in [0.29, 0.717) is 17.1 Å². The Morgan fingerprint density at radius 3 is 3.00 bits per heavy atom. The SMILES string of the molecule is C#CCOc1ccc(F)cc1-c1ccno1. The van der Waals surface area contributed by atoms with Crippen molar-refractivity contribution in [2.75, 3.05) is 6.61 Å². The van der Waals surface area contributed by atoms with Crippen LogP contribution in [-0.2, 0) is 0 Å². The van der Waals surface area contributed by atoms with Gasteiger partial charge in [0.1, 0.15) is 18.2 Å². The molecule has 0 saturated heterocycles. The molecule has 0 radical (unpaired) electrons. The molecule has 0 fully saturated rings. The lowest BCUT2D eigenvalue weighted by Crippen LogP contribution is -1.95. The van der Waals surface area contributed by atoms with Crippen LogP contribution in [0.15, 0.2) is 35.0 Å². The van der Waals surface area contributed by atoms with E-state index in [2.05, 4.69) is 11.1 Å². The van der Waals surface area contributed by atoms with Gasteiger partial charge in [0.05, 0.1) is 11.8 Å². The van der Waals surface area contributed by atoms with Crippen molar-refractivity contribution in [3.8, 4) is 29.4 Å². The topological polar surface area (TPSA) is 35.3 Å². The number of benzene rings is 1. The maximum atomic E-state index is 13.1. The second-order valence-corrected chi connectivity index (χ2v) is 3.01. The average molecular weight is 217 g/mol. The first-order valence-electron chi connectivity index (χ1n) is 4.58. The summed E-state index contributed by atoms with van der Waals surface area (Å²) in [7, 11) is 0. The van der Waals surface area contributed by atoms with Gasteiger partial charge in [0.25, 0.3) is 0 Å². The van der Waals surface area contributed by atoms with Gasteiger partial charge in [0, 0.05) is 6.07 Å². The molecule has 1 heterocycles. The van der Waals surface area contributed by atoms with Gasteiger partial charge in [0.2, 0.25) is 0 Å². The third-order valence-corrected chi connectivity index (χ3v) is 1.96. The average Bonchev–Trinajstić information content (AvgIpc) is 2.80. The third kappa shape index (κ3) is 2.04. The van der Waals surface area contributed by atoms with Crippen LogP contribution < -0.4 is 4.74 Å². The lowest BCUT2D eigenvalue weighted by molar-refractivity contribution is 0.367. The van der Waals surface area contributed by atoms with Crippen molar-refractivity contribution in [3.05, 3.63) is 36.3 Å². The van der Waals surface area contributed by atoms with Crippen molar-refractivity contribution in [2.45, 2.75) is 0 Å². The molecule has 4 heteroatoms. The van der Waals surface area contributed by atoms with Crippen LogP contribution in [0.5, 0.6) is 5.75 Å². The molecule has 0 aliphatic carbocycles. The summed E-state index contributed by atoms with van der Waals surface area (Å²) in [5.74, 6) is 2.87. The third-order valence-electron chi connectivity index (χ3n) is 1.96. The van der Waals surface area contributed by atoms with E-state index in [1.807, 2.05) is 0 Å². The minimum Gasteiger partial charge on any atom is -0.480 e. The standard InChI is InChI=1S/C12H8FNO2/c1-2-7-15-11-4-3-9(13)8-10(11)12-5-6-14-16-12/h1,3-6,8H,7H2. The van der Waals surface area contributed by atoms with E-state index in [4.69, 9.17) is 15.7 Å². The maximum Gasteiger partial charge on any atom is 0.170 e. The smallest absolute Gasteiger partial charge is 0.170 e. The molecule has 0 amide bonds. The van der Waals surface area contributed by atoms with Crippen LogP contribution in [-0.4, -0.2) is 11.8 Å². The molecule has 0 N–H and O–H groups in total. The van der Waals surface area contributed by atoms with Gasteiger partial charge in [0.15, 0.2) is 5.76 Å². The molecule has 0 saturated carbocycles. The molecule has 16 heavy (non-hydrogen) atoms. The van der Waals surface area contributed by atoms with Crippen LogP contribution in [0.25, 0.3) is 11.3 Å². The number of ether oxygens (including phenoxy) is 1. The van der Waals surface area contributed by atoms with E-state index < -0.39 is 0 Å². The highest BCUT2D eigenvalue weighted by Gasteiger charge is 2.10. The lowest BCUT2D eigenvalue weighted by Gasteiger charge is -2.06. The second-order valence-electron chi connectivity index (χ2n) is 3.01. The number of hydrogen-bond acceptors (Lipinski definition) is 3. The Labute approximate surface area is 91.8 Å². The summed E-state index contributed by atoms with van der Waals surface area (Å²) < 4.78 is 23.3. The highest BCUT2D eigenvalue weighted by atomic mass is 19.1. The predicted octanol–water partition coefficient (Wildman–Crippen LogP) is 2.49. The summed E-state index contributed by atoms with van der Waals surface area (Å²) in [6.45, 7) is 0.118. The Morgan fingerprint density at radius 2 is 2.31 bits per heavy atom. The van der Waals surface area contributed by atoms with Crippen LogP contribution in [0, 0.1) is 18.2 Å². The Hall–Kier alpha value is -2.28. The highest BCUT2D eigenvalue weighted by molar-refractivity contribution is 5.65. The zero-order valence-electron chi connectivity index (χ0n) is 8.31. The van der Waals surface area contributed by atoms with Crippen LogP contribution in [0.4, 0.5) is 4.39 Å². The number of aromatic nitrogens is 1. The largest absolute Gasteiger partial charge is 0.480 e. The van der Waals surface area contributed by atoms with Crippen LogP contribution in [0.2, 0.25) is 0 Å². The summed E-state index contributed by atoms with van der Waals surface area (Å²) in [6.07, 6.45) is 6.57. The second kappa shape index (κ2) is 4.49. The normalized spacial score (nSPS) is 9.75. The van der Waals surface area contributed by atoms with Gasteiger partial charge in [-0.3, -0.25) is 0 Å². The van der Waals surface area contributed by atoms with E-state index in [0.717, 1.165) is 0 Å². The van der Waals surface area contributed by atoms with Crippen molar-refractivity contribution in [1.82, 2.24) is 5.16 Å². The van der Waals surface area contributed by atoms with Gasteiger partial charge in [-0.1, -0.05) is 11.1 Å².